The first-order valence-corrected chi connectivity index (χ1v) is 7.00. The summed E-state index contributed by atoms with van der Waals surface area (Å²) in [6, 6.07) is -0.229. The molecule has 0 fully saturated rings. The molecule has 1 aliphatic rings. The number of carbonyl (C=O) groups excluding carboxylic acids is 1. The van der Waals surface area contributed by atoms with Crippen molar-refractivity contribution in [3.63, 3.8) is 0 Å². The van der Waals surface area contributed by atoms with Gasteiger partial charge in [0, 0.05) is 25.5 Å². The molecular weight excluding hydrogens is 324 g/mol. The highest BCUT2D eigenvalue weighted by Crippen LogP contribution is 2.23. The van der Waals surface area contributed by atoms with Gasteiger partial charge >= 0.3 is 6.03 Å². The number of imidazole rings is 1. The Kier molecular flexibility index (Phi) is 3.39. The molecule has 8 heteroatoms. The monoisotopic (exact) mass is 336 g/mol. The maximum Gasteiger partial charge on any atom is 0.322 e. The molecule has 0 saturated heterocycles. The van der Waals surface area contributed by atoms with Crippen molar-refractivity contribution in [1.29, 1.82) is 0 Å². The van der Waals surface area contributed by atoms with Gasteiger partial charge in [-0.1, -0.05) is 0 Å². The average Bonchev–Trinajstić information content (AvgIpc) is 2.91. The van der Waals surface area contributed by atoms with Crippen molar-refractivity contribution in [2.75, 3.05) is 11.9 Å². The highest BCUT2D eigenvalue weighted by Gasteiger charge is 2.28. The minimum atomic E-state index is -0.169. The largest absolute Gasteiger partial charge is 0.331 e. The predicted octanol–water partition coefficient (Wildman–Crippen LogP) is 2.04. The third-order valence-electron chi connectivity index (χ3n) is 3.30. The fourth-order valence-electron chi connectivity index (χ4n) is 2.28. The van der Waals surface area contributed by atoms with E-state index in [0.717, 1.165) is 12.4 Å². The van der Waals surface area contributed by atoms with Crippen LogP contribution in [0.1, 0.15) is 18.8 Å². The lowest BCUT2D eigenvalue weighted by molar-refractivity contribution is 0.172. The number of fused-ring (bicyclic) bond motifs is 1. The first-order chi connectivity index (χ1) is 9.65. The fourth-order valence-corrected chi connectivity index (χ4v) is 2.48. The molecule has 2 aromatic heterocycles. The Morgan fingerprint density at radius 2 is 2.10 bits per heavy atom. The number of aromatic nitrogens is 4. The van der Waals surface area contributed by atoms with E-state index in [4.69, 9.17) is 0 Å². The van der Waals surface area contributed by atoms with Gasteiger partial charge in [-0.2, -0.15) is 0 Å². The maximum absolute atomic E-state index is 12.3. The lowest BCUT2D eigenvalue weighted by Crippen LogP contribution is -2.43. The van der Waals surface area contributed by atoms with E-state index in [1.54, 1.807) is 23.5 Å². The van der Waals surface area contributed by atoms with E-state index in [0.29, 0.717) is 17.0 Å². The second kappa shape index (κ2) is 5.20. The van der Waals surface area contributed by atoms with Crippen LogP contribution in [0.5, 0.6) is 0 Å². The molecule has 1 aliphatic heterocycles. The van der Waals surface area contributed by atoms with Gasteiger partial charge in [0.1, 0.15) is 5.82 Å². The SMILES string of the molecule is CC1c2nccn2CCN1C(=O)Nc1cnc(Br)nc1. The number of halogens is 1. The van der Waals surface area contributed by atoms with Crippen molar-refractivity contribution in [3.05, 3.63) is 35.3 Å². The van der Waals surface area contributed by atoms with Crippen LogP contribution in [0.25, 0.3) is 0 Å². The normalized spacial score (nSPS) is 17.7. The molecule has 1 N–H and O–H groups in total. The van der Waals surface area contributed by atoms with Gasteiger partial charge < -0.3 is 14.8 Å². The van der Waals surface area contributed by atoms with E-state index < -0.39 is 0 Å². The molecule has 0 radical (unpaired) electrons. The fraction of sp³-hybridized carbons (Fsp3) is 0.333. The molecule has 3 heterocycles. The van der Waals surface area contributed by atoms with Gasteiger partial charge in [0.2, 0.25) is 0 Å². The molecule has 2 amide bonds. The van der Waals surface area contributed by atoms with Crippen LogP contribution < -0.4 is 5.32 Å². The number of urea groups is 1. The van der Waals surface area contributed by atoms with Gasteiger partial charge in [-0.25, -0.2) is 19.7 Å². The Morgan fingerprint density at radius 3 is 2.85 bits per heavy atom. The quantitative estimate of drug-likeness (QED) is 0.808. The van der Waals surface area contributed by atoms with E-state index in [9.17, 15) is 4.79 Å². The van der Waals surface area contributed by atoms with E-state index in [2.05, 4.69) is 40.8 Å². The Balaban J connectivity index is 1.73. The molecule has 0 bridgehead atoms. The van der Waals surface area contributed by atoms with Gasteiger partial charge in [-0.3, -0.25) is 0 Å². The molecule has 0 aromatic carbocycles. The van der Waals surface area contributed by atoms with Crippen LogP contribution in [0.2, 0.25) is 0 Å². The van der Waals surface area contributed by atoms with Crippen molar-refractivity contribution >= 4 is 27.6 Å². The summed E-state index contributed by atoms with van der Waals surface area (Å²) >= 11 is 3.16. The third-order valence-corrected chi connectivity index (χ3v) is 3.71. The maximum atomic E-state index is 12.3. The predicted molar refractivity (Wildman–Crippen MR) is 76.1 cm³/mol. The summed E-state index contributed by atoms with van der Waals surface area (Å²) in [5.41, 5.74) is 0.569. The van der Waals surface area contributed by atoms with Crippen molar-refractivity contribution in [2.45, 2.75) is 19.5 Å². The van der Waals surface area contributed by atoms with Crippen molar-refractivity contribution in [3.8, 4) is 0 Å². The van der Waals surface area contributed by atoms with Gasteiger partial charge in [0.05, 0.1) is 24.1 Å². The van der Waals surface area contributed by atoms with Crippen molar-refractivity contribution in [1.82, 2.24) is 24.4 Å². The second-order valence-electron chi connectivity index (χ2n) is 4.52. The van der Waals surface area contributed by atoms with E-state index >= 15 is 0 Å². The molecule has 7 nitrogen and oxygen atoms in total. The first-order valence-electron chi connectivity index (χ1n) is 6.21. The Morgan fingerprint density at radius 1 is 1.35 bits per heavy atom. The Bertz CT molecular complexity index is 625. The average molecular weight is 337 g/mol. The van der Waals surface area contributed by atoms with Crippen LogP contribution in [-0.4, -0.2) is 37.0 Å². The number of nitrogens with one attached hydrogen (secondary N) is 1. The minimum Gasteiger partial charge on any atom is -0.331 e. The van der Waals surface area contributed by atoms with Crippen LogP contribution >= 0.6 is 15.9 Å². The van der Waals surface area contributed by atoms with Gasteiger partial charge in [0.25, 0.3) is 0 Å². The zero-order chi connectivity index (χ0) is 14.1. The number of nitrogens with zero attached hydrogens (tertiary/aromatic N) is 5. The molecule has 0 spiro atoms. The number of amides is 2. The standard InChI is InChI=1S/C12H13BrN6O/c1-8-10-14-2-3-18(10)4-5-19(8)12(20)17-9-6-15-11(13)16-7-9/h2-3,6-8H,4-5H2,1H3,(H,17,20). The second-order valence-corrected chi connectivity index (χ2v) is 5.23. The van der Waals surface area contributed by atoms with Crippen molar-refractivity contribution in [2.24, 2.45) is 0 Å². The third kappa shape index (κ3) is 2.38. The van der Waals surface area contributed by atoms with Crippen LogP contribution in [0.15, 0.2) is 29.5 Å². The smallest absolute Gasteiger partial charge is 0.322 e. The highest BCUT2D eigenvalue weighted by molar-refractivity contribution is 9.10. The molecule has 0 saturated carbocycles. The number of anilines is 1. The van der Waals surface area contributed by atoms with Crippen LogP contribution in [0.4, 0.5) is 10.5 Å². The number of hydrogen-bond acceptors (Lipinski definition) is 4. The number of carbonyl (C=O) groups is 1. The summed E-state index contributed by atoms with van der Waals surface area (Å²) in [5.74, 6) is 0.901. The minimum absolute atomic E-state index is 0.0601. The van der Waals surface area contributed by atoms with Crippen molar-refractivity contribution < 1.29 is 4.79 Å². The van der Waals surface area contributed by atoms with E-state index in [-0.39, 0.29) is 12.1 Å². The highest BCUT2D eigenvalue weighted by atomic mass is 79.9. The summed E-state index contributed by atoms with van der Waals surface area (Å²) in [5, 5.41) is 2.80. The van der Waals surface area contributed by atoms with Gasteiger partial charge in [-0.05, 0) is 22.9 Å². The number of hydrogen-bond donors (Lipinski definition) is 1. The van der Waals surface area contributed by atoms with Gasteiger partial charge in [-0.15, -0.1) is 0 Å². The topological polar surface area (TPSA) is 75.9 Å². The van der Waals surface area contributed by atoms with Gasteiger partial charge in [0.15, 0.2) is 4.73 Å². The zero-order valence-electron chi connectivity index (χ0n) is 10.8. The number of rotatable bonds is 1. The van der Waals surface area contributed by atoms with Crippen LogP contribution in [0.3, 0.4) is 0 Å². The summed E-state index contributed by atoms with van der Waals surface area (Å²) < 4.78 is 2.56. The van der Waals surface area contributed by atoms with Crippen LogP contribution in [0, 0.1) is 0 Å². The molecule has 1 unspecified atom stereocenters. The molecular formula is C12H13BrN6O. The molecule has 2 aromatic rings. The molecule has 3 rings (SSSR count). The van der Waals surface area contributed by atoms with E-state index in [1.807, 2.05) is 13.1 Å². The molecule has 20 heavy (non-hydrogen) atoms. The summed E-state index contributed by atoms with van der Waals surface area (Å²) in [6.07, 6.45) is 6.81. The first kappa shape index (κ1) is 13.0. The zero-order valence-corrected chi connectivity index (χ0v) is 12.4. The molecule has 1 atom stereocenters. The van der Waals surface area contributed by atoms with E-state index in [1.165, 1.54) is 0 Å². The summed E-state index contributed by atoms with van der Waals surface area (Å²) in [4.78, 5) is 26.3. The molecule has 104 valence electrons. The summed E-state index contributed by atoms with van der Waals surface area (Å²) in [7, 11) is 0. The Hall–Kier alpha value is -1.96. The molecule has 0 aliphatic carbocycles. The lowest BCUT2D eigenvalue weighted by Gasteiger charge is -2.33. The Labute approximate surface area is 124 Å². The van der Waals surface area contributed by atoms with Crippen LogP contribution in [-0.2, 0) is 6.54 Å². The lowest BCUT2D eigenvalue weighted by atomic mass is 10.2. The summed E-state index contributed by atoms with van der Waals surface area (Å²) in [6.45, 7) is 3.37.